The van der Waals surface area contributed by atoms with Crippen LogP contribution >= 0.6 is 0 Å². The summed E-state index contributed by atoms with van der Waals surface area (Å²) in [5, 5.41) is 0. The lowest BCUT2D eigenvalue weighted by Crippen LogP contribution is -2.45. The number of rotatable bonds is 2. The van der Waals surface area contributed by atoms with Crippen LogP contribution < -0.4 is 4.74 Å². The van der Waals surface area contributed by atoms with Crippen molar-refractivity contribution in [2.24, 2.45) is 0 Å². The Hall–Kier alpha value is -3.07. The van der Waals surface area contributed by atoms with Crippen LogP contribution in [0.4, 0.5) is 0 Å². The van der Waals surface area contributed by atoms with Crippen LogP contribution in [0.3, 0.4) is 0 Å². The van der Waals surface area contributed by atoms with E-state index in [0.717, 1.165) is 11.3 Å². The van der Waals surface area contributed by atoms with Gasteiger partial charge in [-0.2, -0.15) is 0 Å². The van der Waals surface area contributed by atoms with E-state index < -0.39 is 6.10 Å². The maximum atomic E-state index is 13.3. The fourth-order valence-electron chi connectivity index (χ4n) is 4.27. The Balaban J connectivity index is 1.44. The average molecular weight is 355 g/mol. The molecule has 2 aliphatic rings. The third-order valence-corrected chi connectivity index (χ3v) is 5.63. The molecule has 0 bridgehead atoms. The molecule has 3 nitrogen and oxygen atoms in total. The topological polar surface area (TPSA) is 29.5 Å². The highest BCUT2D eigenvalue weighted by atomic mass is 16.5. The summed E-state index contributed by atoms with van der Waals surface area (Å²) in [6, 6.07) is 26.9. The minimum Gasteiger partial charge on any atom is -0.480 e. The summed E-state index contributed by atoms with van der Waals surface area (Å²) < 4.78 is 5.96. The van der Waals surface area contributed by atoms with E-state index in [0.29, 0.717) is 19.5 Å². The van der Waals surface area contributed by atoms with Crippen LogP contribution in [0.1, 0.15) is 28.2 Å². The molecule has 5 rings (SSSR count). The highest BCUT2D eigenvalue weighted by Crippen LogP contribution is 2.35. The number of benzene rings is 3. The Morgan fingerprint density at radius 1 is 0.852 bits per heavy atom. The molecule has 0 saturated carbocycles. The molecule has 134 valence electrons. The quantitative estimate of drug-likeness (QED) is 0.691. The summed E-state index contributed by atoms with van der Waals surface area (Å²) in [5.41, 5.74) is 4.91. The first-order chi connectivity index (χ1) is 13.3. The number of nitrogens with zero attached hydrogens (tertiary/aromatic N) is 1. The van der Waals surface area contributed by atoms with Crippen molar-refractivity contribution < 1.29 is 9.53 Å². The monoisotopic (exact) mass is 355 g/mol. The predicted octanol–water partition coefficient (Wildman–Crippen LogP) is 4.16. The Labute approximate surface area is 159 Å². The summed E-state index contributed by atoms with van der Waals surface area (Å²) in [4.78, 5) is 15.2. The van der Waals surface area contributed by atoms with Crippen LogP contribution in [0.2, 0.25) is 0 Å². The second-order valence-electron chi connectivity index (χ2n) is 7.30. The number of ether oxygens (including phenoxy) is 1. The molecule has 0 radical (unpaired) electrons. The van der Waals surface area contributed by atoms with Crippen LogP contribution in [-0.2, 0) is 17.8 Å². The molecular weight excluding hydrogens is 334 g/mol. The minimum absolute atomic E-state index is 0.0848. The molecule has 3 aromatic rings. The van der Waals surface area contributed by atoms with Crippen molar-refractivity contribution >= 4 is 5.91 Å². The molecule has 0 aliphatic carbocycles. The van der Waals surface area contributed by atoms with Crippen molar-refractivity contribution in [2.45, 2.75) is 25.0 Å². The van der Waals surface area contributed by atoms with Gasteiger partial charge in [0.15, 0.2) is 6.10 Å². The number of carbonyl (C=O) groups is 1. The number of hydrogen-bond donors (Lipinski definition) is 0. The standard InChI is InChI=1S/C24H21NO2/c26-24(23-14-18-10-5-7-13-22(18)27-23)25-15-19-11-4-6-12-20(19)21(16-25)17-8-2-1-3-9-17/h1-13,21,23H,14-16H2/t21-,23-/m0/s1. The van der Waals surface area contributed by atoms with E-state index in [4.69, 9.17) is 4.74 Å². The van der Waals surface area contributed by atoms with Crippen molar-refractivity contribution in [2.75, 3.05) is 6.54 Å². The first-order valence-electron chi connectivity index (χ1n) is 9.46. The predicted molar refractivity (Wildman–Crippen MR) is 105 cm³/mol. The Bertz CT molecular complexity index is 957. The zero-order chi connectivity index (χ0) is 18.2. The number of amides is 1. The second kappa shape index (κ2) is 6.58. The van der Waals surface area contributed by atoms with Crippen LogP contribution in [0.5, 0.6) is 5.75 Å². The van der Waals surface area contributed by atoms with Crippen molar-refractivity contribution in [1.29, 1.82) is 0 Å². The largest absolute Gasteiger partial charge is 0.480 e. The average Bonchev–Trinajstić information content (AvgIpc) is 3.17. The maximum absolute atomic E-state index is 13.3. The molecule has 27 heavy (non-hydrogen) atoms. The molecule has 3 heteroatoms. The maximum Gasteiger partial charge on any atom is 0.264 e. The lowest BCUT2D eigenvalue weighted by molar-refractivity contribution is -0.139. The number of carbonyl (C=O) groups excluding carboxylic acids is 1. The molecule has 3 aromatic carbocycles. The summed E-state index contributed by atoms with van der Waals surface area (Å²) in [6.45, 7) is 1.34. The summed E-state index contributed by atoms with van der Waals surface area (Å²) in [7, 11) is 0. The molecule has 0 spiro atoms. The zero-order valence-electron chi connectivity index (χ0n) is 15.0. The van der Waals surface area contributed by atoms with Crippen LogP contribution in [0.15, 0.2) is 78.9 Å². The van der Waals surface area contributed by atoms with Gasteiger partial charge in [-0.05, 0) is 28.3 Å². The van der Waals surface area contributed by atoms with Crippen LogP contribution in [-0.4, -0.2) is 23.5 Å². The van der Waals surface area contributed by atoms with E-state index in [1.807, 2.05) is 35.2 Å². The molecule has 0 unspecified atom stereocenters. The van der Waals surface area contributed by atoms with Crippen molar-refractivity contribution in [1.82, 2.24) is 4.90 Å². The van der Waals surface area contributed by atoms with E-state index in [9.17, 15) is 4.79 Å². The van der Waals surface area contributed by atoms with Gasteiger partial charge in [0, 0.05) is 25.4 Å². The van der Waals surface area contributed by atoms with Crippen molar-refractivity contribution in [3.05, 3.63) is 101 Å². The highest BCUT2D eigenvalue weighted by Gasteiger charge is 2.36. The summed E-state index contributed by atoms with van der Waals surface area (Å²) in [5.74, 6) is 1.12. The van der Waals surface area contributed by atoms with Crippen molar-refractivity contribution in [3.8, 4) is 5.75 Å². The van der Waals surface area contributed by atoms with Gasteiger partial charge in [-0.15, -0.1) is 0 Å². The van der Waals surface area contributed by atoms with E-state index in [-0.39, 0.29) is 11.8 Å². The first kappa shape index (κ1) is 16.1. The molecular formula is C24H21NO2. The van der Waals surface area contributed by atoms with E-state index in [1.165, 1.54) is 16.7 Å². The molecule has 0 fully saturated rings. The van der Waals surface area contributed by atoms with Gasteiger partial charge in [0.25, 0.3) is 5.91 Å². The fraction of sp³-hybridized carbons (Fsp3) is 0.208. The number of fused-ring (bicyclic) bond motifs is 2. The minimum atomic E-state index is -0.413. The van der Waals surface area contributed by atoms with Crippen LogP contribution in [0, 0.1) is 0 Å². The number of para-hydroxylation sites is 1. The number of hydrogen-bond acceptors (Lipinski definition) is 2. The van der Waals surface area contributed by atoms with Gasteiger partial charge in [-0.25, -0.2) is 0 Å². The molecule has 2 aliphatic heterocycles. The smallest absolute Gasteiger partial charge is 0.264 e. The van der Waals surface area contributed by atoms with E-state index >= 15 is 0 Å². The molecule has 2 atom stereocenters. The van der Waals surface area contributed by atoms with E-state index in [2.05, 4.69) is 48.5 Å². The first-order valence-corrected chi connectivity index (χ1v) is 9.46. The fourth-order valence-corrected chi connectivity index (χ4v) is 4.27. The van der Waals surface area contributed by atoms with Gasteiger partial charge in [-0.3, -0.25) is 4.79 Å². The van der Waals surface area contributed by atoms with Gasteiger partial charge >= 0.3 is 0 Å². The molecule has 0 saturated heterocycles. The van der Waals surface area contributed by atoms with Gasteiger partial charge in [0.2, 0.25) is 0 Å². The molecule has 2 heterocycles. The third kappa shape index (κ3) is 2.89. The Morgan fingerprint density at radius 3 is 2.37 bits per heavy atom. The Kier molecular flexibility index (Phi) is 3.93. The zero-order valence-corrected chi connectivity index (χ0v) is 15.0. The SMILES string of the molecule is O=C([C@@H]1Cc2ccccc2O1)N1Cc2ccccc2[C@H](c2ccccc2)C1. The molecule has 0 N–H and O–H groups in total. The normalized spacial score (nSPS) is 20.5. The summed E-state index contributed by atoms with van der Waals surface area (Å²) >= 11 is 0. The van der Waals surface area contributed by atoms with E-state index in [1.54, 1.807) is 0 Å². The van der Waals surface area contributed by atoms with Gasteiger partial charge < -0.3 is 9.64 Å². The molecule has 0 aromatic heterocycles. The van der Waals surface area contributed by atoms with Gasteiger partial charge in [0.05, 0.1) is 0 Å². The van der Waals surface area contributed by atoms with Crippen molar-refractivity contribution in [3.63, 3.8) is 0 Å². The lowest BCUT2D eigenvalue weighted by Gasteiger charge is -2.36. The van der Waals surface area contributed by atoms with Gasteiger partial charge in [-0.1, -0.05) is 72.8 Å². The lowest BCUT2D eigenvalue weighted by atomic mass is 9.84. The molecule has 1 amide bonds. The highest BCUT2D eigenvalue weighted by molar-refractivity contribution is 5.83. The van der Waals surface area contributed by atoms with Crippen LogP contribution in [0.25, 0.3) is 0 Å². The Morgan fingerprint density at radius 2 is 1.56 bits per heavy atom. The second-order valence-corrected chi connectivity index (χ2v) is 7.30. The van der Waals surface area contributed by atoms with Gasteiger partial charge in [0.1, 0.15) is 5.75 Å². The summed E-state index contributed by atoms with van der Waals surface area (Å²) in [6.07, 6.45) is 0.243. The third-order valence-electron chi connectivity index (χ3n) is 5.63.